The maximum atomic E-state index is 12.9. The summed E-state index contributed by atoms with van der Waals surface area (Å²) in [6.07, 6.45) is 0. The highest BCUT2D eigenvalue weighted by atomic mass is 35.5. The molecule has 2 aliphatic rings. The van der Waals surface area contributed by atoms with Gasteiger partial charge < -0.3 is 20.5 Å². The average Bonchev–Trinajstić information content (AvgIpc) is 2.80. The first-order valence-corrected chi connectivity index (χ1v) is 7.25. The number of methoxy groups -OCH3 is 1. The van der Waals surface area contributed by atoms with Crippen molar-refractivity contribution in [3.63, 3.8) is 0 Å². The molecule has 0 saturated carbocycles. The van der Waals surface area contributed by atoms with Gasteiger partial charge in [-0.2, -0.15) is 5.26 Å². The van der Waals surface area contributed by atoms with Crippen molar-refractivity contribution in [2.45, 2.75) is 12.3 Å². The van der Waals surface area contributed by atoms with E-state index in [2.05, 4.69) is 5.32 Å². The third kappa shape index (κ3) is 1.83. The van der Waals surface area contributed by atoms with Gasteiger partial charge in [-0.1, -0.05) is 11.6 Å². The average molecular weight is 346 g/mol. The maximum Gasteiger partial charge on any atom is 0.339 e. The van der Waals surface area contributed by atoms with Gasteiger partial charge >= 0.3 is 5.97 Å². The van der Waals surface area contributed by atoms with Crippen LogP contribution >= 0.6 is 11.6 Å². The zero-order valence-corrected chi connectivity index (χ0v) is 13.5. The summed E-state index contributed by atoms with van der Waals surface area (Å²) >= 11 is 6.07. The van der Waals surface area contributed by atoms with Gasteiger partial charge in [-0.25, -0.2) is 4.79 Å². The molecule has 3 rings (SSSR count). The van der Waals surface area contributed by atoms with Gasteiger partial charge in [-0.15, -0.1) is 0 Å². The summed E-state index contributed by atoms with van der Waals surface area (Å²) in [7, 11) is 1.18. The SMILES string of the molecule is COC(=O)C1=C(C)OC(N)=C(C#N)[C@@]12C(=O)Nc1ccc(Cl)cc12. The Morgan fingerprint density at radius 1 is 1.50 bits per heavy atom. The van der Waals surface area contributed by atoms with Gasteiger partial charge in [-0.3, -0.25) is 4.79 Å². The molecule has 1 atom stereocenters. The molecular formula is C16H12ClN3O4. The number of allylic oxidation sites excluding steroid dienone is 1. The number of nitrogens with one attached hydrogen (secondary N) is 1. The zero-order valence-electron chi connectivity index (χ0n) is 12.8. The van der Waals surface area contributed by atoms with E-state index in [9.17, 15) is 14.9 Å². The molecule has 7 nitrogen and oxygen atoms in total. The second-order valence-corrected chi connectivity index (χ2v) is 5.71. The molecule has 3 N–H and O–H groups in total. The second-order valence-electron chi connectivity index (χ2n) is 5.27. The summed E-state index contributed by atoms with van der Waals surface area (Å²) in [6, 6.07) is 6.59. The summed E-state index contributed by atoms with van der Waals surface area (Å²) < 4.78 is 10.1. The Hall–Kier alpha value is -2.98. The van der Waals surface area contributed by atoms with E-state index in [1.807, 2.05) is 6.07 Å². The van der Waals surface area contributed by atoms with Crippen LogP contribution in [0.4, 0.5) is 5.69 Å². The van der Waals surface area contributed by atoms with Crippen LogP contribution in [0.1, 0.15) is 12.5 Å². The van der Waals surface area contributed by atoms with E-state index >= 15 is 0 Å². The van der Waals surface area contributed by atoms with Crippen LogP contribution in [0.5, 0.6) is 0 Å². The molecule has 0 aliphatic carbocycles. The molecular weight excluding hydrogens is 334 g/mol. The quantitative estimate of drug-likeness (QED) is 0.749. The largest absolute Gasteiger partial charge is 0.466 e. The highest BCUT2D eigenvalue weighted by molar-refractivity contribution is 6.31. The molecule has 122 valence electrons. The summed E-state index contributed by atoms with van der Waals surface area (Å²) in [5, 5.41) is 12.6. The monoisotopic (exact) mass is 345 g/mol. The van der Waals surface area contributed by atoms with Gasteiger partial charge in [0.1, 0.15) is 23.0 Å². The number of hydrogen-bond acceptors (Lipinski definition) is 6. The van der Waals surface area contributed by atoms with Crippen LogP contribution in [-0.4, -0.2) is 19.0 Å². The minimum absolute atomic E-state index is 0.0846. The predicted molar refractivity (Wildman–Crippen MR) is 84.4 cm³/mol. The fourth-order valence-electron chi connectivity index (χ4n) is 3.15. The Balaban J connectivity index is 2.46. The van der Waals surface area contributed by atoms with Crippen LogP contribution in [0.2, 0.25) is 5.02 Å². The Kier molecular flexibility index (Phi) is 3.50. The summed E-state index contributed by atoms with van der Waals surface area (Å²) in [4.78, 5) is 25.3. The molecule has 1 aromatic carbocycles. The molecule has 2 aliphatic heterocycles. The first-order chi connectivity index (χ1) is 11.4. The molecule has 1 spiro atoms. The molecule has 2 heterocycles. The van der Waals surface area contributed by atoms with E-state index in [-0.39, 0.29) is 22.8 Å². The number of ether oxygens (including phenoxy) is 2. The number of rotatable bonds is 1. The number of carbonyl (C=O) groups is 2. The van der Waals surface area contributed by atoms with Crippen molar-refractivity contribution >= 4 is 29.2 Å². The van der Waals surface area contributed by atoms with Gasteiger partial charge in [0.15, 0.2) is 5.41 Å². The topological polar surface area (TPSA) is 114 Å². The summed E-state index contributed by atoms with van der Waals surface area (Å²) in [5.41, 5.74) is 4.57. The van der Waals surface area contributed by atoms with E-state index in [1.165, 1.54) is 20.1 Å². The van der Waals surface area contributed by atoms with Crippen molar-refractivity contribution in [3.05, 3.63) is 51.6 Å². The number of nitriles is 1. The standard InChI is InChI=1S/C16H12ClN3O4/c1-7-12(14(21)23-2)16(10(6-18)13(19)24-7)9-5-8(17)3-4-11(9)20-15(16)22/h3-5H,19H2,1-2H3,(H,20,22)/t16-/m1/s1. The number of carbonyl (C=O) groups excluding carboxylic acids is 2. The third-order valence-electron chi connectivity index (χ3n) is 4.09. The first kappa shape index (κ1) is 15.9. The minimum atomic E-state index is -1.76. The lowest BCUT2D eigenvalue weighted by atomic mass is 9.68. The van der Waals surface area contributed by atoms with Crippen LogP contribution < -0.4 is 11.1 Å². The lowest BCUT2D eigenvalue weighted by Crippen LogP contribution is -2.45. The zero-order chi connectivity index (χ0) is 17.6. The maximum absolute atomic E-state index is 12.9. The number of hydrogen-bond donors (Lipinski definition) is 2. The molecule has 0 unspecified atom stereocenters. The number of nitrogens with two attached hydrogens (primary N) is 1. The van der Waals surface area contributed by atoms with E-state index in [4.69, 9.17) is 26.8 Å². The highest BCUT2D eigenvalue weighted by Crippen LogP contribution is 2.52. The number of anilines is 1. The molecule has 0 aromatic heterocycles. The van der Waals surface area contributed by atoms with Gasteiger partial charge in [0.2, 0.25) is 11.8 Å². The van der Waals surface area contributed by atoms with Crippen molar-refractivity contribution in [3.8, 4) is 6.07 Å². The Morgan fingerprint density at radius 3 is 2.83 bits per heavy atom. The minimum Gasteiger partial charge on any atom is -0.466 e. The number of benzene rings is 1. The Labute approximate surface area is 142 Å². The lowest BCUT2D eigenvalue weighted by Gasteiger charge is -2.33. The Morgan fingerprint density at radius 2 is 2.21 bits per heavy atom. The summed E-state index contributed by atoms with van der Waals surface area (Å²) in [6.45, 7) is 1.48. The molecule has 0 fully saturated rings. The van der Waals surface area contributed by atoms with E-state index < -0.39 is 17.3 Å². The molecule has 1 aromatic rings. The smallest absolute Gasteiger partial charge is 0.339 e. The fourth-order valence-corrected chi connectivity index (χ4v) is 3.32. The summed E-state index contributed by atoms with van der Waals surface area (Å²) in [5.74, 6) is -1.55. The second kappa shape index (κ2) is 5.28. The van der Waals surface area contributed by atoms with Crippen LogP contribution in [0.25, 0.3) is 0 Å². The van der Waals surface area contributed by atoms with Gasteiger partial charge in [0, 0.05) is 16.3 Å². The first-order valence-electron chi connectivity index (χ1n) is 6.87. The van der Waals surface area contributed by atoms with Crippen LogP contribution in [0.15, 0.2) is 41.0 Å². The molecule has 1 amide bonds. The fraction of sp³-hybridized carbons (Fsp3) is 0.188. The van der Waals surface area contributed by atoms with E-state index in [0.29, 0.717) is 16.3 Å². The molecule has 0 bridgehead atoms. The van der Waals surface area contributed by atoms with Crippen LogP contribution in [0, 0.1) is 11.3 Å². The molecule has 0 radical (unpaired) electrons. The van der Waals surface area contributed by atoms with Gasteiger partial charge in [0.05, 0.1) is 7.11 Å². The van der Waals surface area contributed by atoms with Crippen molar-refractivity contribution in [2.24, 2.45) is 5.73 Å². The van der Waals surface area contributed by atoms with Crippen LogP contribution in [0.3, 0.4) is 0 Å². The third-order valence-corrected chi connectivity index (χ3v) is 4.32. The Bertz CT molecular complexity index is 897. The lowest BCUT2D eigenvalue weighted by molar-refractivity contribution is -0.138. The molecule has 8 heteroatoms. The van der Waals surface area contributed by atoms with Gasteiger partial charge in [0.25, 0.3) is 0 Å². The highest BCUT2D eigenvalue weighted by Gasteiger charge is 2.59. The number of nitrogens with zero attached hydrogens (tertiary/aromatic N) is 1. The molecule has 0 saturated heterocycles. The number of amides is 1. The van der Waals surface area contributed by atoms with Crippen molar-refractivity contribution in [1.82, 2.24) is 0 Å². The van der Waals surface area contributed by atoms with Crippen molar-refractivity contribution in [1.29, 1.82) is 5.26 Å². The normalized spacial score (nSPS) is 22.0. The number of fused-ring (bicyclic) bond motifs is 2. The number of esters is 1. The van der Waals surface area contributed by atoms with E-state index in [1.54, 1.807) is 12.1 Å². The van der Waals surface area contributed by atoms with Gasteiger partial charge in [-0.05, 0) is 25.1 Å². The van der Waals surface area contributed by atoms with E-state index in [0.717, 1.165) is 0 Å². The van der Waals surface area contributed by atoms with Crippen molar-refractivity contribution < 1.29 is 19.1 Å². The predicted octanol–water partition coefficient (Wildman–Crippen LogP) is 1.70. The van der Waals surface area contributed by atoms with Crippen molar-refractivity contribution in [2.75, 3.05) is 12.4 Å². The molecule has 24 heavy (non-hydrogen) atoms. The van der Waals surface area contributed by atoms with Crippen LogP contribution in [-0.2, 0) is 24.5 Å². The number of halogens is 1.